The predicted octanol–water partition coefficient (Wildman–Crippen LogP) is 2.48. The summed E-state index contributed by atoms with van der Waals surface area (Å²) in [4.78, 5) is 19.2. The van der Waals surface area contributed by atoms with E-state index >= 15 is 0 Å². The third kappa shape index (κ3) is 3.22. The number of H-pyrrole nitrogens is 1. The van der Waals surface area contributed by atoms with Gasteiger partial charge >= 0.3 is 0 Å². The molecule has 6 heteroatoms. The molecule has 0 aliphatic rings. The maximum Gasteiger partial charge on any atom is 0.251 e. The minimum atomic E-state index is -0.159. The number of benzene rings is 1. The van der Waals surface area contributed by atoms with Gasteiger partial charge in [-0.05, 0) is 40.5 Å². The molecule has 2 N–H and O–H groups in total. The van der Waals surface area contributed by atoms with Crippen molar-refractivity contribution in [2.24, 2.45) is 0 Å². The largest absolute Gasteiger partial charge is 0.392 e. The van der Waals surface area contributed by atoms with Crippen LogP contribution in [-0.4, -0.2) is 15.1 Å². The first-order valence-electron chi connectivity index (χ1n) is 5.23. The van der Waals surface area contributed by atoms with Crippen LogP contribution in [0.1, 0.15) is 11.3 Å². The summed E-state index contributed by atoms with van der Waals surface area (Å²) in [5, 5.41) is 9.58. The Balaban J connectivity index is 2.31. The number of aromatic nitrogens is 2. The van der Waals surface area contributed by atoms with Gasteiger partial charge in [0, 0.05) is 21.1 Å². The van der Waals surface area contributed by atoms with Gasteiger partial charge in [-0.25, -0.2) is 4.98 Å². The molecule has 0 fully saturated rings. The third-order valence-electron chi connectivity index (χ3n) is 2.23. The van der Waals surface area contributed by atoms with Crippen LogP contribution in [0.2, 0.25) is 0 Å². The van der Waals surface area contributed by atoms with Crippen molar-refractivity contribution in [1.29, 1.82) is 0 Å². The van der Waals surface area contributed by atoms with Crippen molar-refractivity contribution in [1.82, 2.24) is 9.97 Å². The van der Waals surface area contributed by atoms with Gasteiger partial charge in [-0.15, -0.1) is 0 Å². The number of hydrogen-bond donors (Lipinski definition) is 2. The summed E-state index contributed by atoms with van der Waals surface area (Å²) >= 11 is 4.80. The van der Waals surface area contributed by atoms with E-state index in [2.05, 4.69) is 25.9 Å². The zero-order valence-electron chi connectivity index (χ0n) is 9.61. The van der Waals surface area contributed by atoms with E-state index in [1.54, 1.807) is 6.92 Å². The quantitative estimate of drug-likeness (QED) is 0.850. The summed E-state index contributed by atoms with van der Waals surface area (Å²) in [7, 11) is 0. The van der Waals surface area contributed by atoms with Crippen LogP contribution in [-0.2, 0) is 6.61 Å². The minimum Gasteiger partial charge on any atom is -0.392 e. The van der Waals surface area contributed by atoms with Gasteiger partial charge in [0.15, 0.2) is 5.16 Å². The van der Waals surface area contributed by atoms with Crippen LogP contribution in [0.15, 0.2) is 43.6 Å². The molecule has 4 nitrogen and oxygen atoms in total. The Morgan fingerprint density at radius 2 is 2.22 bits per heavy atom. The Bertz CT molecular complexity index is 628. The van der Waals surface area contributed by atoms with Gasteiger partial charge < -0.3 is 10.1 Å². The van der Waals surface area contributed by atoms with Crippen LogP contribution in [0.25, 0.3) is 0 Å². The lowest BCUT2D eigenvalue weighted by Crippen LogP contribution is -2.07. The van der Waals surface area contributed by atoms with Crippen molar-refractivity contribution in [2.45, 2.75) is 23.6 Å². The SMILES string of the molecule is Cc1cc(=O)[nH]c(Sc2ccc(CO)cc2Br)n1. The van der Waals surface area contributed by atoms with Gasteiger partial charge in [0.05, 0.1) is 6.61 Å². The fourth-order valence-electron chi connectivity index (χ4n) is 1.43. The van der Waals surface area contributed by atoms with Crippen LogP contribution in [0.5, 0.6) is 0 Å². The van der Waals surface area contributed by atoms with E-state index in [0.717, 1.165) is 14.9 Å². The summed E-state index contributed by atoms with van der Waals surface area (Å²) in [5.74, 6) is 0. The first-order valence-corrected chi connectivity index (χ1v) is 6.84. The number of aryl methyl sites for hydroxylation is 1. The molecule has 1 aromatic carbocycles. The first kappa shape index (κ1) is 13.3. The monoisotopic (exact) mass is 326 g/mol. The molecular weight excluding hydrogens is 316 g/mol. The molecule has 0 aliphatic carbocycles. The zero-order valence-corrected chi connectivity index (χ0v) is 12.0. The van der Waals surface area contributed by atoms with E-state index in [0.29, 0.717) is 10.9 Å². The van der Waals surface area contributed by atoms with Crippen LogP contribution in [0, 0.1) is 6.92 Å². The van der Waals surface area contributed by atoms with Crippen molar-refractivity contribution in [2.75, 3.05) is 0 Å². The molecule has 0 atom stereocenters. The molecule has 0 saturated heterocycles. The van der Waals surface area contributed by atoms with E-state index in [1.807, 2.05) is 18.2 Å². The Hall–Kier alpha value is -1.11. The second-order valence-electron chi connectivity index (χ2n) is 3.72. The van der Waals surface area contributed by atoms with Crippen molar-refractivity contribution < 1.29 is 5.11 Å². The summed E-state index contributed by atoms with van der Waals surface area (Å²) in [5.41, 5.74) is 1.36. The summed E-state index contributed by atoms with van der Waals surface area (Å²) in [6, 6.07) is 7.01. The zero-order chi connectivity index (χ0) is 13.1. The van der Waals surface area contributed by atoms with Crippen LogP contribution in [0.3, 0.4) is 0 Å². The van der Waals surface area contributed by atoms with Gasteiger partial charge in [0.25, 0.3) is 5.56 Å². The van der Waals surface area contributed by atoms with E-state index < -0.39 is 0 Å². The highest BCUT2D eigenvalue weighted by molar-refractivity contribution is 9.10. The Kier molecular flexibility index (Phi) is 4.21. The summed E-state index contributed by atoms with van der Waals surface area (Å²) < 4.78 is 0.864. The lowest BCUT2D eigenvalue weighted by Gasteiger charge is -2.05. The minimum absolute atomic E-state index is 0.00305. The standard InChI is InChI=1S/C12H11BrN2O2S/c1-7-4-11(17)15-12(14-7)18-10-3-2-8(6-16)5-9(10)13/h2-5,16H,6H2,1H3,(H,14,15,17). The Morgan fingerprint density at radius 1 is 1.44 bits per heavy atom. The van der Waals surface area contributed by atoms with Gasteiger partial charge in [-0.2, -0.15) is 0 Å². The van der Waals surface area contributed by atoms with E-state index in [1.165, 1.54) is 17.8 Å². The van der Waals surface area contributed by atoms with Gasteiger partial charge in [-0.3, -0.25) is 4.79 Å². The molecule has 1 aromatic heterocycles. The van der Waals surface area contributed by atoms with Crippen molar-refractivity contribution >= 4 is 27.7 Å². The number of aliphatic hydroxyl groups excluding tert-OH is 1. The van der Waals surface area contributed by atoms with Crippen LogP contribution < -0.4 is 5.56 Å². The molecular formula is C12H11BrN2O2S. The van der Waals surface area contributed by atoms with Crippen LogP contribution >= 0.6 is 27.7 Å². The molecule has 2 aromatic rings. The molecule has 0 amide bonds. The maximum atomic E-state index is 11.3. The lowest BCUT2D eigenvalue weighted by atomic mass is 10.2. The second kappa shape index (κ2) is 5.69. The lowest BCUT2D eigenvalue weighted by molar-refractivity contribution is 0.281. The predicted molar refractivity (Wildman–Crippen MR) is 73.8 cm³/mol. The molecule has 0 bridgehead atoms. The van der Waals surface area contributed by atoms with Crippen LogP contribution in [0.4, 0.5) is 0 Å². The van der Waals surface area contributed by atoms with E-state index in [9.17, 15) is 4.79 Å². The number of halogens is 1. The third-order valence-corrected chi connectivity index (χ3v) is 4.11. The molecule has 1 heterocycles. The van der Waals surface area contributed by atoms with Gasteiger partial charge in [0.2, 0.25) is 0 Å². The summed E-state index contributed by atoms with van der Waals surface area (Å²) in [6.07, 6.45) is 0. The highest BCUT2D eigenvalue weighted by atomic mass is 79.9. The second-order valence-corrected chi connectivity index (χ2v) is 5.60. The smallest absolute Gasteiger partial charge is 0.251 e. The number of nitrogens with one attached hydrogen (secondary N) is 1. The number of rotatable bonds is 3. The van der Waals surface area contributed by atoms with Crippen molar-refractivity contribution in [3.8, 4) is 0 Å². The van der Waals surface area contributed by atoms with E-state index in [-0.39, 0.29) is 12.2 Å². The average molecular weight is 327 g/mol. The van der Waals surface area contributed by atoms with Gasteiger partial charge in [-0.1, -0.05) is 17.8 Å². The average Bonchev–Trinajstić information content (AvgIpc) is 2.30. The first-order chi connectivity index (χ1) is 8.58. The normalized spacial score (nSPS) is 10.6. The molecule has 94 valence electrons. The van der Waals surface area contributed by atoms with Gasteiger partial charge in [0.1, 0.15) is 0 Å². The topological polar surface area (TPSA) is 66.0 Å². The number of nitrogens with zero attached hydrogens (tertiary/aromatic N) is 1. The molecule has 0 unspecified atom stereocenters. The highest BCUT2D eigenvalue weighted by Crippen LogP contribution is 2.31. The van der Waals surface area contributed by atoms with Crippen molar-refractivity contribution in [3.05, 3.63) is 50.3 Å². The number of hydrogen-bond acceptors (Lipinski definition) is 4. The fraction of sp³-hybridized carbons (Fsp3) is 0.167. The van der Waals surface area contributed by atoms with Crippen molar-refractivity contribution in [3.63, 3.8) is 0 Å². The molecule has 18 heavy (non-hydrogen) atoms. The fourth-order valence-corrected chi connectivity index (χ4v) is 2.94. The molecule has 0 saturated carbocycles. The number of aromatic amines is 1. The molecule has 0 aliphatic heterocycles. The molecule has 2 rings (SSSR count). The molecule has 0 spiro atoms. The Morgan fingerprint density at radius 3 is 2.83 bits per heavy atom. The Labute approximate surface area is 117 Å². The summed E-state index contributed by atoms with van der Waals surface area (Å²) in [6.45, 7) is 1.78. The highest BCUT2D eigenvalue weighted by Gasteiger charge is 2.06. The molecule has 0 radical (unpaired) electrons. The maximum absolute atomic E-state index is 11.3. The number of aliphatic hydroxyl groups is 1. The van der Waals surface area contributed by atoms with E-state index in [4.69, 9.17) is 5.11 Å².